The Bertz CT molecular complexity index is 1410. The second-order valence-electron chi connectivity index (χ2n) is 8.65. The molecule has 3 aromatic heterocycles. The largest absolute Gasteiger partial charge is 0.367 e. The van der Waals surface area contributed by atoms with Gasteiger partial charge in [-0.05, 0) is 42.2 Å². The zero-order chi connectivity index (χ0) is 20.7. The van der Waals surface area contributed by atoms with E-state index in [0.717, 1.165) is 18.0 Å². The third-order valence-corrected chi connectivity index (χ3v) is 7.40. The number of piperidine rings is 1. The third-order valence-electron chi connectivity index (χ3n) is 7.17. The van der Waals surface area contributed by atoms with E-state index in [0.29, 0.717) is 40.5 Å². The number of hydrogen-bond acceptors (Lipinski definition) is 7. The summed E-state index contributed by atoms with van der Waals surface area (Å²) in [5, 5.41) is 9.66. The molecule has 2 saturated heterocycles. The zero-order valence-electron chi connectivity index (χ0n) is 16.3. The Kier molecular flexibility index (Phi) is 3.32. The van der Waals surface area contributed by atoms with Crippen LogP contribution >= 0.6 is 11.6 Å². The molecule has 4 fully saturated rings. The molecule has 2 bridgehead atoms. The second kappa shape index (κ2) is 5.91. The van der Waals surface area contributed by atoms with Crippen molar-refractivity contribution in [2.45, 2.75) is 19.0 Å². The van der Waals surface area contributed by atoms with Crippen molar-refractivity contribution < 1.29 is 4.52 Å². The van der Waals surface area contributed by atoms with Crippen molar-refractivity contribution >= 4 is 28.2 Å². The van der Waals surface area contributed by atoms with Crippen molar-refractivity contribution in [3.63, 3.8) is 0 Å². The predicted octanol–water partition coefficient (Wildman–Crippen LogP) is 2.55. The number of halogens is 1. The summed E-state index contributed by atoms with van der Waals surface area (Å²) in [6.45, 7) is 1.21. The van der Waals surface area contributed by atoms with Crippen molar-refractivity contribution in [1.82, 2.24) is 24.9 Å². The first kappa shape index (κ1) is 17.4. The van der Waals surface area contributed by atoms with Gasteiger partial charge in [0, 0.05) is 41.3 Å². The van der Waals surface area contributed by atoms with Crippen LogP contribution in [0.5, 0.6) is 0 Å². The van der Waals surface area contributed by atoms with Crippen molar-refractivity contribution in [1.29, 1.82) is 0 Å². The van der Waals surface area contributed by atoms with Crippen LogP contribution in [0.4, 0.5) is 5.69 Å². The summed E-state index contributed by atoms with van der Waals surface area (Å²) in [5.41, 5.74) is 1.81. The van der Waals surface area contributed by atoms with E-state index in [1.165, 1.54) is 10.4 Å². The van der Waals surface area contributed by atoms with E-state index in [1.54, 1.807) is 24.5 Å². The number of aromatic nitrogens is 5. The maximum Gasteiger partial charge on any atom is 0.276 e. The molecule has 5 heterocycles. The molecule has 154 valence electrons. The molecule has 2 aliphatic carbocycles. The quantitative estimate of drug-likeness (QED) is 0.478. The fourth-order valence-corrected chi connectivity index (χ4v) is 5.87. The Hall–Kier alpha value is -3.26. The van der Waals surface area contributed by atoms with Crippen LogP contribution in [0, 0.1) is 17.3 Å². The Morgan fingerprint density at radius 1 is 1.26 bits per heavy atom. The van der Waals surface area contributed by atoms with E-state index in [9.17, 15) is 4.79 Å². The topological polar surface area (TPSA) is 89.9 Å². The highest BCUT2D eigenvalue weighted by atomic mass is 35.5. The van der Waals surface area contributed by atoms with Gasteiger partial charge in [0.05, 0.1) is 17.1 Å². The molecule has 4 atom stereocenters. The van der Waals surface area contributed by atoms with Crippen LogP contribution in [-0.4, -0.2) is 37.5 Å². The first-order valence-corrected chi connectivity index (χ1v) is 10.7. The minimum Gasteiger partial charge on any atom is -0.367 e. The van der Waals surface area contributed by atoms with Gasteiger partial charge in [0.1, 0.15) is 6.54 Å². The van der Waals surface area contributed by atoms with Gasteiger partial charge in [0.15, 0.2) is 5.82 Å². The molecule has 4 aromatic rings. The van der Waals surface area contributed by atoms with Gasteiger partial charge in [-0.15, -0.1) is 0 Å². The number of rotatable bonds is 5. The standard InChI is InChI=1S/C22H17ClN6O2/c23-12-3-1-4-13(7-12)28-10-15-19-20(28)22(15,19)8-17-26-18(31-27-17)11-29-21(30)14-5-2-6-24-16(14)9-25-29/h1-7,9,15,19-20H,8,10-11H2/t15-,19-,20?,22?/m1/s1. The lowest BCUT2D eigenvalue weighted by Gasteiger charge is -2.19. The maximum atomic E-state index is 12.6. The Balaban J connectivity index is 1.09. The SMILES string of the molecule is O=c1c2cccnc2cnn1Cc1nc(CC23C4[C@H]2[C@H]3CN4c2cccc(Cl)c2)no1. The molecule has 31 heavy (non-hydrogen) atoms. The number of anilines is 1. The maximum absolute atomic E-state index is 12.6. The summed E-state index contributed by atoms with van der Waals surface area (Å²) in [7, 11) is 0. The lowest BCUT2D eigenvalue weighted by Crippen LogP contribution is -2.23. The molecular formula is C22H17ClN6O2. The fraction of sp³-hybridized carbons (Fsp3) is 0.318. The molecule has 9 heteroatoms. The normalized spacial score (nSPS) is 27.5. The molecule has 1 aromatic carbocycles. The van der Waals surface area contributed by atoms with E-state index in [4.69, 9.17) is 16.1 Å². The first-order valence-electron chi connectivity index (χ1n) is 10.3. The zero-order valence-corrected chi connectivity index (χ0v) is 17.1. The average molecular weight is 433 g/mol. The molecule has 0 N–H and O–H groups in total. The molecule has 2 unspecified atom stereocenters. The molecule has 0 amide bonds. The molecule has 8 rings (SSSR count). The Labute approximate surface area is 181 Å². The number of pyridine rings is 1. The van der Waals surface area contributed by atoms with Crippen molar-refractivity contribution in [3.05, 3.63) is 75.9 Å². The third kappa shape index (κ3) is 2.39. The van der Waals surface area contributed by atoms with Gasteiger partial charge in [-0.25, -0.2) is 4.68 Å². The van der Waals surface area contributed by atoms with E-state index in [2.05, 4.69) is 31.2 Å². The Morgan fingerprint density at radius 3 is 3.06 bits per heavy atom. The highest BCUT2D eigenvalue weighted by Gasteiger charge is 2.92. The van der Waals surface area contributed by atoms with Crippen LogP contribution in [0.25, 0.3) is 10.9 Å². The molecule has 0 radical (unpaired) electrons. The van der Waals surface area contributed by atoms with Gasteiger partial charge in [0.25, 0.3) is 5.56 Å². The van der Waals surface area contributed by atoms with E-state index in [-0.39, 0.29) is 17.5 Å². The minimum atomic E-state index is -0.219. The van der Waals surface area contributed by atoms with Crippen molar-refractivity contribution in [2.75, 3.05) is 11.4 Å². The van der Waals surface area contributed by atoms with E-state index >= 15 is 0 Å². The highest BCUT2D eigenvalue weighted by molar-refractivity contribution is 6.30. The van der Waals surface area contributed by atoms with Crippen molar-refractivity contribution in [3.8, 4) is 0 Å². The number of hydrogen-bond donors (Lipinski definition) is 0. The van der Waals surface area contributed by atoms with Gasteiger partial charge in [-0.2, -0.15) is 10.1 Å². The van der Waals surface area contributed by atoms with Gasteiger partial charge in [-0.3, -0.25) is 9.78 Å². The summed E-state index contributed by atoms with van der Waals surface area (Å²) in [4.78, 5) is 23.8. The van der Waals surface area contributed by atoms with E-state index < -0.39 is 0 Å². The van der Waals surface area contributed by atoms with Crippen LogP contribution in [0.2, 0.25) is 5.02 Å². The highest BCUT2D eigenvalue weighted by Crippen LogP contribution is 2.86. The summed E-state index contributed by atoms with van der Waals surface area (Å²) < 4.78 is 6.77. The summed E-state index contributed by atoms with van der Waals surface area (Å²) in [6.07, 6.45) is 4.02. The van der Waals surface area contributed by atoms with Gasteiger partial charge in [0.2, 0.25) is 5.89 Å². The first-order chi connectivity index (χ1) is 15.1. The van der Waals surface area contributed by atoms with Crippen LogP contribution < -0.4 is 10.5 Å². The number of benzene rings is 1. The minimum absolute atomic E-state index is 0.147. The fourth-order valence-electron chi connectivity index (χ4n) is 5.69. The van der Waals surface area contributed by atoms with Gasteiger partial charge < -0.3 is 9.42 Å². The summed E-state index contributed by atoms with van der Waals surface area (Å²) >= 11 is 6.18. The van der Waals surface area contributed by atoms with Gasteiger partial charge in [-0.1, -0.05) is 22.8 Å². The monoisotopic (exact) mass is 432 g/mol. The summed E-state index contributed by atoms with van der Waals surface area (Å²) in [6, 6.07) is 12.1. The van der Waals surface area contributed by atoms with Crippen LogP contribution in [0.1, 0.15) is 11.7 Å². The van der Waals surface area contributed by atoms with Crippen LogP contribution in [-0.2, 0) is 13.0 Å². The smallest absolute Gasteiger partial charge is 0.276 e. The number of nitrogens with zero attached hydrogens (tertiary/aromatic N) is 6. The van der Waals surface area contributed by atoms with E-state index in [1.807, 2.05) is 18.2 Å². The van der Waals surface area contributed by atoms with Crippen molar-refractivity contribution in [2.24, 2.45) is 17.3 Å². The molecule has 0 spiro atoms. The molecule has 8 nitrogen and oxygen atoms in total. The summed E-state index contributed by atoms with van der Waals surface area (Å²) in [5.74, 6) is 2.50. The second-order valence-corrected chi connectivity index (χ2v) is 9.08. The lowest BCUT2D eigenvalue weighted by atomic mass is 10.0. The molecule has 4 aliphatic rings. The van der Waals surface area contributed by atoms with Gasteiger partial charge >= 0.3 is 0 Å². The van der Waals surface area contributed by atoms with Crippen LogP contribution in [0.3, 0.4) is 0 Å². The number of fused-ring (bicyclic) bond motifs is 2. The molecular weight excluding hydrogens is 416 g/mol. The molecule has 2 saturated carbocycles. The molecule has 2 aliphatic heterocycles. The lowest BCUT2D eigenvalue weighted by molar-refractivity contribution is 0.356. The predicted molar refractivity (Wildman–Crippen MR) is 113 cm³/mol. The van der Waals surface area contributed by atoms with Crippen LogP contribution in [0.15, 0.2) is 58.1 Å². The Morgan fingerprint density at radius 2 is 2.19 bits per heavy atom. The average Bonchev–Trinajstić information content (AvgIpc) is 3.29.